The van der Waals surface area contributed by atoms with Gasteiger partial charge in [-0.15, -0.1) is 0 Å². The Kier molecular flexibility index (Phi) is 5.68. The van der Waals surface area contributed by atoms with Crippen LogP contribution in [0.25, 0.3) is 6.08 Å². The van der Waals surface area contributed by atoms with Crippen LogP contribution in [-0.2, 0) is 4.79 Å². The summed E-state index contributed by atoms with van der Waals surface area (Å²) in [6, 6.07) is 7.08. The number of rotatable bonds is 4. The zero-order valence-electron chi connectivity index (χ0n) is 11.5. The van der Waals surface area contributed by atoms with Crippen molar-refractivity contribution in [1.82, 2.24) is 5.32 Å². The van der Waals surface area contributed by atoms with Gasteiger partial charge in [0.15, 0.2) is 0 Å². The number of benzene rings is 1. The van der Waals surface area contributed by atoms with Crippen LogP contribution in [0.1, 0.15) is 18.4 Å². The molecule has 1 aromatic carbocycles. The molecule has 1 aliphatic heterocycles. The molecule has 0 unspecified atom stereocenters. The van der Waals surface area contributed by atoms with Crippen LogP contribution in [0, 0.1) is 0 Å². The highest BCUT2D eigenvalue weighted by atomic mass is 32.2. The average Bonchev–Trinajstić information content (AvgIpc) is 2.46. The second kappa shape index (κ2) is 7.73. The molecule has 0 aliphatic carbocycles. The van der Waals surface area contributed by atoms with Crippen molar-refractivity contribution < 1.29 is 14.7 Å². The van der Waals surface area contributed by atoms with E-state index in [4.69, 9.17) is 5.11 Å². The van der Waals surface area contributed by atoms with E-state index in [1.54, 1.807) is 24.3 Å². The Hall–Kier alpha value is -1.95. The van der Waals surface area contributed by atoms with Crippen LogP contribution in [-0.4, -0.2) is 34.7 Å². The number of carbonyl (C=O) groups is 2. The number of carboxylic acid groups (broad SMARTS) is 1. The highest BCUT2D eigenvalue weighted by molar-refractivity contribution is 7.99. The first-order valence-corrected chi connectivity index (χ1v) is 7.95. The summed E-state index contributed by atoms with van der Waals surface area (Å²) in [6.07, 6.45) is 4.56. The SMILES string of the molecule is O=C(O)/C=C/c1cccc(NC(=O)NC2CCSCC2)c1. The van der Waals surface area contributed by atoms with E-state index in [1.165, 1.54) is 6.08 Å². The van der Waals surface area contributed by atoms with Crippen LogP contribution in [0.15, 0.2) is 30.3 Å². The first kappa shape index (κ1) is 15.4. The lowest BCUT2D eigenvalue weighted by atomic mass is 10.1. The van der Waals surface area contributed by atoms with Crippen molar-refractivity contribution in [3.05, 3.63) is 35.9 Å². The molecule has 0 atom stereocenters. The molecule has 21 heavy (non-hydrogen) atoms. The number of urea groups is 1. The zero-order chi connectivity index (χ0) is 15.1. The Labute approximate surface area is 127 Å². The van der Waals surface area contributed by atoms with E-state index in [1.807, 2.05) is 11.8 Å². The fourth-order valence-electron chi connectivity index (χ4n) is 2.08. The van der Waals surface area contributed by atoms with E-state index in [9.17, 15) is 9.59 Å². The van der Waals surface area contributed by atoms with Crippen LogP contribution in [0.3, 0.4) is 0 Å². The minimum absolute atomic E-state index is 0.216. The van der Waals surface area contributed by atoms with Gasteiger partial charge in [-0.1, -0.05) is 12.1 Å². The van der Waals surface area contributed by atoms with Gasteiger partial charge in [0.25, 0.3) is 0 Å². The number of hydrogen-bond donors (Lipinski definition) is 3. The molecule has 0 bridgehead atoms. The molecule has 5 nitrogen and oxygen atoms in total. The van der Waals surface area contributed by atoms with Gasteiger partial charge in [-0.05, 0) is 48.1 Å². The Bertz CT molecular complexity index is 539. The van der Waals surface area contributed by atoms with Gasteiger partial charge in [-0.2, -0.15) is 11.8 Å². The fraction of sp³-hybridized carbons (Fsp3) is 0.333. The molecule has 2 amide bonds. The third-order valence-corrected chi connectivity index (χ3v) is 4.17. The molecule has 1 aliphatic rings. The quantitative estimate of drug-likeness (QED) is 0.747. The van der Waals surface area contributed by atoms with Gasteiger partial charge in [0.05, 0.1) is 0 Å². The number of carbonyl (C=O) groups excluding carboxylic acids is 1. The van der Waals surface area contributed by atoms with E-state index in [0.29, 0.717) is 5.69 Å². The molecule has 0 saturated carbocycles. The molecule has 0 spiro atoms. The molecule has 0 aromatic heterocycles. The Morgan fingerprint density at radius 2 is 2.05 bits per heavy atom. The van der Waals surface area contributed by atoms with Gasteiger partial charge in [-0.3, -0.25) is 0 Å². The summed E-state index contributed by atoms with van der Waals surface area (Å²) in [6.45, 7) is 0. The van der Waals surface area contributed by atoms with E-state index in [-0.39, 0.29) is 12.1 Å². The highest BCUT2D eigenvalue weighted by Crippen LogP contribution is 2.17. The van der Waals surface area contributed by atoms with Crippen molar-refractivity contribution in [2.24, 2.45) is 0 Å². The smallest absolute Gasteiger partial charge is 0.328 e. The van der Waals surface area contributed by atoms with Gasteiger partial charge in [0.1, 0.15) is 0 Å². The highest BCUT2D eigenvalue weighted by Gasteiger charge is 2.15. The lowest BCUT2D eigenvalue weighted by Crippen LogP contribution is -2.39. The summed E-state index contributed by atoms with van der Waals surface area (Å²) < 4.78 is 0. The molecule has 0 radical (unpaired) electrons. The molecule has 1 fully saturated rings. The number of aliphatic carboxylic acids is 1. The summed E-state index contributed by atoms with van der Waals surface area (Å²) in [5.41, 5.74) is 1.37. The van der Waals surface area contributed by atoms with Crippen molar-refractivity contribution in [1.29, 1.82) is 0 Å². The van der Waals surface area contributed by atoms with Crippen LogP contribution >= 0.6 is 11.8 Å². The summed E-state index contributed by atoms with van der Waals surface area (Å²) >= 11 is 1.91. The molecule has 2 rings (SSSR count). The van der Waals surface area contributed by atoms with E-state index in [2.05, 4.69) is 10.6 Å². The summed E-state index contributed by atoms with van der Waals surface area (Å²) in [5.74, 6) is 1.17. The minimum atomic E-state index is -0.999. The molecular weight excluding hydrogens is 288 g/mol. The number of nitrogens with one attached hydrogen (secondary N) is 2. The minimum Gasteiger partial charge on any atom is -0.478 e. The van der Waals surface area contributed by atoms with Crippen molar-refractivity contribution in [2.45, 2.75) is 18.9 Å². The Balaban J connectivity index is 1.90. The second-order valence-corrected chi connectivity index (χ2v) is 6.01. The van der Waals surface area contributed by atoms with Crippen LogP contribution in [0.2, 0.25) is 0 Å². The topological polar surface area (TPSA) is 78.4 Å². The van der Waals surface area contributed by atoms with Crippen molar-refractivity contribution >= 4 is 35.5 Å². The number of carboxylic acids is 1. The largest absolute Gasteiger partial charge is 0.478 e. The summed E-state index contributed by atoms with van der Waals surface area (Å²) in [5, 5.41) is 14.3. The number of hydrogen-bond acceptors (Lipinski definition) is 3. The fourth-order valence-corrected chi connectivity index (χ4v) is 3.19. The molecular formula is C15H18N2O3S. The van der Waals surface area contributed by atoms with Crippen molar-refractivity contribution in [3.63, 3.8) is 0 Å². The number of anilines is 1. The first-order valence-electron chi connectivity index (χ1n) is 6.80. The molecule has 6 heteroatoms. The van der Waals surface area contributed by atoms with Crippen LogP contribution in [0.4, 0.5) is 10.5 Å². The predicted octanol–water partition coefficient (Wildman–Crippen LogP) is 2.80. The molecule has 1 saturated heterocycles. The summed E-state index contributed by atoms with van der Waals surface area (Å²) in [4.78, 5) is 22.4. The normalized spacial score (nSPS) is 15.8. The van der Waals surface area contributed by atoms with Gasteiger partial charge >= 0.3 is 12.0 Å². The number of thioether (sulfide) groups is 1. The Morgan fingerprint density at radius 1 is 1.29 bits per heavy atom. The third-order valence-electron chi connectivity index (χ3n) is 3.12. The average molecular weight is 306 g/mol. The standard InChI is InChI=1S/C15H18N2O3S/c18-14(19)5-4-11-2-1-3-13(10-11)17-15(20)16-12-6-8-21-9-7-12/h1-5,10,12H,6-9H2,(H,18,19)(H2,16,17,20)/b5-4+. The van der Waals surface area contributed by atoms with E-state index < -0.39 is 5.97 Å². The lowest BCUT2D eigenvalue weighted by Gasteiger charge is -2.22. The monoisotopic (exact) mass is 306 g/mol. The predicted molar refractivity (Wildman–Crippen MR) is 85.6 cm³/mol. The van der Waals surface area contributed by atoms with Gasteiger partial charge in [0, 0.05) is 17.8 Å². The molecule has 112 valence electrons. The van der Waals surface area contributed by atoms with E-state index in [0.717, 1.165) is 36.0 Å². The lowest BCUT2D eigenvalue weighted by molar-refractivity contribution is -0.131. The maximum Gasteiger partial charge on any atom is 0.328 e. The summed E-state index contributed by atoms with van der Waals surface area (Å²) in [7, 11) is 0. The van der Waals surface area contributed by atoms with Gasteiger partial charge < -0.3 is 15.7 Å². The maximum absolute atomic E-state index is 11.9. The molecule has 1 aromatic rings. The van der Waals surface area contributed by atoms with Crippen LogP contribution < -0.4 is 10.6 Å². The molecule has 3 N–H and O–H groups in total. The van der Waals surface area contributed by atoms with Gasteiger partial charge in [0.2, 0.25) is 0 Å². The van der Waals surface area contributed by atoms with E-state index >= 15 is 0 Å². The third kappa shape index (κ3) is 5.51. The zero-order valence-corrected chi connectivity index (χ0v) is 12.4. The first-order chi connectivity index (χ1) is 10.1. The van der Waals surface area contributed by atoms with Crippen molar-refractivity contribution in [2.75, 3.05) is 16.8 Å². The van der Waals surface area contributed by atoms with Crippen LogP contribution in [0.5, 0.6) is 0 Å². The second-order valence-electron chi connectivity index (χ2n) is 4.78. The van der Waals surface area contributed by atoms with Crippen molar-refractivity contribution in [3.8, 4) is 0 Å². The number of amides is 2. The molecule has 1 heterocycles. The van der Waals surface area contributed by atoms with Gasteiger partial charge in [-0.25, -0.2) is 9.59 Å². The Morgan fingerprint density at radius 3 is 2.76 bits per heavy atom. The maximum atomic E-state index is 11.9.